The quantitative estimate of drug-likeness (QED) is 0.425. The minimum absolute atomic E-state index is 0.218. The Balaban J connectivity index is 1.56. The summed E-state index contributed by atoms with van der Waals surface area (Å²) in [5.74, 6) is -0.00308. The fourth-order valence-corrected chi connectivity index (χ4v) is 4.65. The molecule has 3 aromatic rings. The SMILES string of the molecule is O=C(CSc1nc2ccccc2s1)NNc1c(Cl)cc(Cl)cc1Cl. The van der Waals surface area contributed by atoms with Crippen molar-refractivity contribution in [3.63, 3.8) is 0 Å². The third-order valence-electron chi connectivity index (χ3n) is 2.93. The minimum Gasteiger partial charge on any atom is -0.296 e. The number of nitrogens with one attached hydrogen (secondary N) is 2. The lowest BCUT2D eigenvalue weighted by molar-refractivity contribution is -0.118. The molecule has 3 rings (SSSR count). The van der Waals surface area contributed by atoms with Gasteiger partial charge in [0, 0.05) is 5.02 Å². The molecule has 0 fully saturated rings. The zero-order chi connectivity index (χ0) is 17.1. The van der Waals surface area contributed by atoms with E-state index in [1.165, 1.54) is 11.8 Å². The van der Waals surface area contributed by atoms with E-state index in [-0.39, 0.29) is 11.7 Å². The van der Waals surface area contributed by atoms with Gasteiger partial charge in [0.1, 0.15) is 0 Å². The van der Waals surface area contributed by atoms with Gasteiger partial charge in [-0.2, -0.15) is 0 Å². The first kappa shape index (κ1) is 17.6. The van der Waals surface area contributed by atoms with E-state index in [9.17, 15) is 4.79 Å². The molecule has 0 saturated carbocycles. The standard InChI is InChI=1S/C15H10Cl3N3OS2/c16-8-5-9(17)14(10(18)6-8)21-20-13(22)7-23-15-19-11-3-1-2-4-12(11)24-15/h1-6,21H,7H2,(H,20,22). The number of carbonyl (C=O) groups is 1. The number of anilines is 1. The van der Waals surface area contributed by atoms with E-state index in [0.29, 0.717) is 20.8 Å². The van der Waals surface area contributed by atoms with Gasteiger partial charge in [0.05, 0.1) is 31.7 Å². The normalized spacial score (nSPS) is 10.8. The van der Waals surface area contributed by atoms with Crippen molar-refractivity contribution >= 4 is 79.7 Å². The van der Waals surface area contributed by atoms with Gasteiger partial charge >= 0.3 is 0 Å². The Morgan fingerprint density at radius 2 is 1.88 bits per heavy atom. The van der Waals surface area contributed by atoms with Crippen LogP contribution in [0.3, 0.4) is 0 Å². The number of hydrazine groups is 1. The van der Waals surface area contributed by atoms with E-state index in [1.54, 1.807) is 23.5 Å². The zero-order valence-corrected chi connectivity index (χ0v) is 15.9. The lowest BCUT2D eigenvalue weighted by Gasteiger charge is -2.11. The molecule has 0 bridgehead atoms. The predicted octanol–water partition coefficient (Wildman–Crippen LogP) is 5.49. The van der Waals surface area contributed by atoms with Crippen LogP contribution in [0.5, 0.6) is 0 Å². The highest BCUT2D eigenvalue weighted by Gasteiger charge is 2.10. The zero-order valence-electron chi connectivity index (χ0n) is 12.0. The molecule has 0 radical (unpaired) electrons. The molecule has 1 heterocycles. The van der Waals surface area contributed by atoms with Crippen LogP contribution in [0.4, 0.5) is 5.69 Å². The summed E-state index contributed by atoms with van der Waals surface area (Å²) in [4.78, 5) is 16.4. The topological polar surface area (TPSA) is 54.0 Å². The largest absolute Gasteiger partial charge is 0.296 e. The smallest absolute Gasteiger partial charge is 0.248 e. The summed E-state index contributed by atoms with van der Waals surface area (Å²) in [6.07, 6.45) is 0. The number of nitrogens with zero attached hydrogens (tertiary/aromatic N) is 1. The Morgan fingerprint density at radius 1 is 1.17 bits per heavy atom. The Kier molecular flexibility index (Phi) is 5.73. The van der Waals surface area contributed by atoms with Crippen molar-refractivity contribution in [1.29, 1.82) is 0 Å². The highest BCUT2D eigenvalue weighted by molar-refractivity contribution is 8.01. The van der Waals surface area contributed by atoms with Crippen LogP contribution < -0.4 is 10.9 Å². The van der Waals surface area contributed by atoms with Crippen molar-refractivity contribution in [2.24, 2.45) is 0 Å². The first-order chi connectivity index (χ1) is 11.5. The molecule has 1 amide bonds. The monoisotopic (exact) mass is 417 g/mol. The Morgan fingerprint density at radius 3 is 2.58 bits per heavy atom. The number of thiazole rings is 1. The minimum atomic E-state index is -0.221. The van der Waals surface area contributed by atoms with E-state index in [0.717, 1.165) is 14.6 Å². The number of thioether (sulfide) groups is 1. The number of hydrogen-bond acceptors (Lipinski definition) is 5. The summed E-state index contributed by atoms with van der Waals surface area (Å²) < 4.78 is 1.94. The second kappa shape index (κ2) is 7.80. The van der Waals surface area contributed by atoms with E-state index >= 15 is 0 Å². The molecule has 1 aromatic heterocycles. The lowest BCUT2D eigenvalue weighted by atomic mass is 10.3. The molecule has 0 saturated heterocycles. The molecule has 0 aliphatic rings. The van der Waals surface area contributed by atoms with Crippen LogP contribution in [0, 0.1) is 0 Å². The lowest BCUT2D eigenvalue weighted by Crippen LogP contribution is -2.31. The van der Waals surface area contributed by atoms with Crippen LogP contribution in [0.1, 0.15) is 0 Å². The van der Waals surface area contributed by atoms with Crippen LogP contribution in [-0.2, 0) is 4.79 Å². The first-order valence-corrected chi connectivity index (χ1v) is 9.64. The number of rotatable bonds is 5. The third kappa shape index (κ3) is 4.26. The van der Waals surface area contributed by atoms with Gasteiger partial charge in [-0.05, 0) is 24.3 Å². The van der Waals surface area contributed by atoms with Crippen molar-refractivity contribution in [3.05, 3.63) is 51.5 Å². The van der Waals surface area contributed by atoms with Gasteiger partial charge in [-0.15, -0.1) is 11.3 Å². The van der Waals surface area contributed by atoms with Crippen molar-refractivity contribution in [3.8, 4) is 0 Å². The summed E-state index contributed by atoms with van der Waals surface area (Å²) >= 11 is 20.8. The second-order valence-corrected chi connectivity index (χ2v) is 8.16. The highest BCUT2D eigenvalue weighted by atomic mass is 35.5. The molecule has 2 aromatic carbocycles. The van der Waals surface area contributed by atoms with E-state index < -0.39 is 0 Å². The summed E-state index contributed by atoms with van der Waals surface area (Å²) in [6, 6.07) is 10.9. The molecular formula is C15H10Cl3N3OS2. The van der Waals surface area contributed by atoms with Crippen LogP contribution >= 0.6 is 57.9 Å². The number of para-hydroxylation sites is 1. The average Bonchev–Trinajstić information content (AvgIpc) is 2.94. The molecule has 0 aliphatic carbocycles. The molecule has 0 aliphatic heterocycles. The fourth-order valence-electron chi connectivity index (χ4n) is 1.87. The van der Waals surface area contributed by atoms with Crippen molar-refractivity contribution in [2.45, 2.75) is 4.34 Å². The number of fused-ring (bicyclic) bond motifs is 1. The van der Waals surface area contributed by atoms with Crippen molar-refractivity contribution in [1.82, 2.24) is 10.4 Å². The number of benzene rings is 2. The fraction of sp³-hybridized carbons (Fsp3) is 0.0667. The third-order valence-corrected chi connectivity index (χ3v) is 5.93. The van der Waals surface area contributed by atoms with Crippen molar-refractivity contribution in [2.75, 3.05) is 11.2 Å². The van der Waals surface area contributed by atoms with Crippen LogP contribution in [-0.4, -0.2) is 16.6 Å². The number of carbonyl (C=O) groups excluding carboxylic acids is 1. The van der Waals surface area contributed by atoms with Gasteiger partial charge in [0.15, 0.2) is 4.34 Å². The molecule has 0 atom stereocenters. The molecule has 9 heteroatoms. The maximum absolute atomic E-state index is 12.0. The van der Waals surface area contributed by atoms with Gasteiger partial charge in [-0.1, -0.05) is 58.7 Å². The maximum Gasteiger partial charge on any atom is 0.248 e. The van der Waals surface area contributed by atoms with Gasteiger partial charge < -0.3 is 0 Å². The van der Waals surface area contributed by atoms with E-state index in [1.807, 2.05) is 24.3 Å². The molecule has 24 heavy (non-hydrogen) atoms. The molecule has 4 nitrogen and oxygen atoms in total. The van der Waals surface area contributed by atoms with Gasteiger partial charge in [0.25, 0.3) is 0 Å². The van der Waals surface area contributed by atoms with Crippen LogP contribution in [0.15, 0.2) is 40.7 Å². The van der Waals surface area contributed by atoms with Gasteiger partial charge in [-0.25, -0.2) is 4.98 Å². The summed E-state index contributed by atoms with van der Waals surface area (Å²) in [5.41, 5.74) is 6.62. The van der Waals surface area contributed by atoms with Crippen LogP contribution in [0.25, 0.3) is 10.2 Å². The number of halogens is 3. The molecule has 124 valence electrons. The Bertz CT molecular complexity index is 845. The van der Waals surface area contributed by atoms with E-state index in [4.69, 9.17) is 34.8 Å². The molecule has 0 unspecified atom stereocenters. The average molecular weight is 419 g/mol. The summed E-state index contributed by atoms with van der Waals surface area (Å²) in [6.45, 7) is 0. The van der Waals surface area contributed by atoms with Crippen molar-refractivity contribution < 1.29 is 4.79 Å². The first-order valence-electron chi connectivity index (χ1n) is 6.70. The highest BCUT2D eigenvalue weighted by Crippen LogP contribution is 2.33. The number of aromatic nitrogens is 1. The van der Waals surface area contributed by atoms with Crippen LogP contribution in [0.2, 0.25) is 15.1 Å². The maximum atomic E-state index is 12.0. The number of amides is 1. The molecule has 0 spiro atoms. The predicted molar refractivity (Wildman–Crippen MR) is 104 cm³/mol. The Labute approximate surface area is 161 Å². The Hall–Kier alpha value is -1.18. The molecular weight excluding hydrogens is 409 g/mol. The van der Waals surface area contributed by atoms with E-state index in [2.05, 4.69) is 15.8 Å². The summed E-state index contributed by atoms with van der Waals surface area (Å²) in [5, 5.41) is 1.08. The molecule has 2 N–H and O–H groups in total. The summed E-state index contributed by atoms with van der Waals surface area (Å²) in [7, 11) is 0. The van der Waals surface area contributed by atoms with Gasteiger partial charge in [-0.3, -0.25) is 15.6 Å². The van der Waals surface area contributed by atoms with Gasteiger partial charge in [0.2, 0.25) is 5.91 Å². The number of hydrogen-bond donors (Lipinski definition) is 2. The second-order valence-electron chi connectivity index (χ2n) is 4.65.